The van der Waals surface area contributed by atoms with Crippen LogP contribution in [0.5, 0.6) is 0 Å². The number of aliphatic carboxylic acids is 1. The van der Waals surface area contributed by atoms with Gasteiger partial charge < -0.3 is 26.4 Å². The predicted octanol–water partition coefficient (Wildman–Crippen LogP) is 0.487. The van der Waals surface area contributed by atoms with E-state index in [9.17, 15) is 19.8 Å². The maximum Gasteiger partial charge on any atom is 0.317 e. The second-order valence-electron chi connectivity index (χ2n) is 5.09. The van der Waals surface area contributed by atoms with Gasteiger partial charge in [-0.1, -0.05) is 12.5 Å². The molecule has 0 aromatic rings. The summed E-state index contributed by atoms with van der Waals surface area (Å²) in [6.45, 7) is 0.312. The Morgan fingerprint density at radius 2 is 2.00 bits per heavy atom. The van der Waals surface area contributed by atoms with E-state index in [0.717, 1.165) is 12.8 Å². The summed E-state index contributed by atoms with van der Waals surface area (Å²) in [5.41, 5.74) is 3.51. The van der Waals surface area contributed by atoms with Crippen LogP contribution >= 0.6 is 12.4 Å². The average molecular weight is 335 g/mol. The lowest BCUT2D eigenvalue weighted by molar-refractivity contribution is -0.149. The van der Waals surface area contributed by atoms with Crippen LogP contribution in [-0.2, 0) is 9.59 Å². The van der Waals surface area contributed by atoms with E-state index in [0.29, 0.717) is 19.4 Å². The van der Waals surface area contributed by atoms with Gasteiger partial charge in [0.25, 0.3) is 0 Å². The summed E-state index contributed by atoms with van der Waals surface area (Å²) in [4.78, 5) is 22.8. The van der Waals surface area contributed by atoms with Crippen LogP contribution in [0.15, 0.2) is 24.0 Å². The lowest BCUT2D eigenvalue weighted by atomic mass is 9.82. The highest BCUT2D eigenvalue weighted by Crippen LogP contribution is 2.28. The van der Waals surface area contributed by atoms with Gasteiger partial charge in [0, 0.05) is 6.42 Å². The summed E-state index contributed by atoms with van der Waals surface area (Å²) in [6.07, 6.45) is 6.50. The van der Waals surface area contributed by atoms with Crippen molar-refractivity contribution in [1.82, 2.24) is 5.32 Å². The second kappa shape index (κ2) is 9.45. The van der Waals surface area contributed by atoms with E-state index in [1.165, 1.54) is 18.2 Å². The van der Waals surface area contributed by atoms with Gasteiger partial charge in [0.2, 0.25) is 5.91 Å². The first-order valence-corrected chi connectivity index (χ1v) is 6.91. The monoisotopic (exact) mass is 334 g/mol. The highest BCUT2D eigenvalue weighted by atomic mass is 35.5. The quantitative estimate of drug-likeness (QED) is 0.410. The van der Waals surface area contributed by atoms with Gasteiger partial charge in [-0.3, -0.25) is 9.59 Å². The number of carboxylic acid groups (broad SMARTS) is 1. The minimum atomic E-state index is -1.84. The molecule has 6 N–H and O–H groups in total. The topological polar surface area (TPSA) is 133 Å². The molecule has 0 heterocycles. The Morgan fingerprint density at radius 3 is 2.59 bits per heavy atom. The number of aliphatic hydroxyl groups is 2. The Hall–Kier alpha value is -1.57. The fourth-order valence-corrected chi connectivity index (χ4v) is 2.20. The van der Waals surface area contributed by atoms with Gasteiger partial charge in [0.15, 0.2) is 0 Å². The summed E-state index contributed by atoms with van der Waals surface area (Å²) in [7, 11) is 0. The summed E-state index contributed by atoms with van der Waals surface area (Å²) < 4.78 is 0. The van der Waals surface area contributed by atoms with E-state index in [4.69, 9.17) is 10.8 Å². The van der Waals surface area contributed by atoms with Gasteiger partial charge in [-0.15, -0.1) is 12.4 Å². The molecule has 0 spiro atoms. The van der Waals surface area contributed by atoms with E-state index in [1.807, 2.05) is 0 Å². The first-order valence-electron chi connectivity index (χ1n) is 6.91. The Balaban J connectivity index is 0.00000441. The molecule has 1 aliphatic carbocycles. The van der Waals surface area contributed by atoms with Crippen LogP contribution in [-0.4, -0.2) is 45.9 Å². The van der Waals surface area contributed by atoms with Gasteiger partial charge in [-0.2, -0.15) is 0 Å². The molecule has 1 rings (SSSR count). The van der Waals surface area contributed by atoms with Crippen molar-refractivity contribution < 1.29 is 24.9 Å². The minimum Gasteiger partial charge on any atom is -0.511 e. The molecule has 22 heavy (non-hydrogen) atoms. The van der Waals surface area contributed by atoms with Crippen molar-refractivity contribution in [3.63, 3.8) is 0 Å². The summed E-state index contributed by atoms with van der Waals surface area (Å²) in [5, 5.41) is 31.5. The van der Waals surface area contributed by atoms with Crippen molar-refractivity contribution >= 4 is 24.3 Å². The Morgan fingerprint density at radius 1 is 1.32 bits per heavy atom. The van der Waals surface area contributed by atoms with E-state index >= 15 is 0 Å². The van der Waals surface area contributed by atoms with Gasteiger partial charge in [-0.05, 0) is 31.5 Å². The molecule has 0 aromatic carbocycles. The Labute approximate surface area is 135 Å². The number of carboxylic acids is 1. The number of halogens is 1. The van der Waals surface area contributed by atoms with Crippen molar-refractivity contribution in [2.45, 2.75) is 31.3 Å². The zero-order valence-electron chi connectivity index (χ0n) is 12.2. The summed E-state index contributed by atoms with van der Waals surface area (Å²) in [6, 6.07) is 0. The SMILES string of the molecule is Cl.NCCCCCC(=O)NCC1(O)C=CC=C(O)C1C(=O)O. The molecular weight excluding hydrogens is 312 g/mol. The smallest absolute Gasteiger partial charge is 0.317 e. The van der Waals surface area contributed by atoms with Gasteiger partial charge in [-0.25, -0.2) is 0 Å². The van der Waals surface area contributed by atoms with Crippen molar-refractivity contribution in [3.05, 3.63) is 24.0 Å². The van der Waals surface area contributed by atoms with Crippen LogP contribution in [0, 0.1) is 5.92 Å². The van der Waals surface area contributed by atoms with Crippen LogP contribution < -0.4 is 11.1 Å². The molecule has 0 radical (unpaired) electrons. The van der Waals surface area contributed by atoms with Crippen molar-refractivity contribution in [2.75, 3.05) is 13.1 Å². The molecule has 1 amide bonds. The molecule has 0 bridgehead atoms. The molecule has 0 saturated heterocycles. The van der Waals surface area contributed by atoms with Crippen LogP contribution in [0.25, 0.3) is 0 Å². The third kappa shape index (κ3) is 5.67. The van der Waals surface area contributed by atoms with Gasteiger partial charge in [0.05, 0.1) is 6.54 Å². The molecule has 8 heteroatoms. The predicted molar refractivity (Wildman–Crippen MR) is 83.7 cm³/mol. The zero-order chi connectivity index (χ0) is 15.9. The molecule has 2 unspecified atom stereocenters. The van der Waals surface area contributed by atoms with Crippen molar-refractivity contribution in [1.29, 1.82) is 0 Å². The number of carbonyl (C=O) groups is 2. The number of aliphatic hydroxyl groups excluding tert-OH is 1. The van der Waals surface area contributed by atoms with E-state index < -0.39 is 23.2 Å². The summed E-state index contributed by atoms with van der Waals surface area (Å²) >= 11 is 0. The molecule has 126 valence electrons. The minimum absolute atomic E-state index is 0. The van der Waals surface area contributed by atoms with Crippen LogP contribution in [0.3, 0.4) is 0 Å². The molecule has 0 aliphatic heterocycles. The maximum absolute atomic E-state index is 11.6. The number of hydrogen-bond acceptors (Lipinski definition) is 5. The lowest BCUT2D eigenvalue weighted by Crippen LogP contribution is -2.51. The van der Waals surface area contributed by atoms with Gasteiger partial charge >= 0.3 is 5.97 Å². The third-order valence-electron chi connectivity index (χ3n) is 3.37. The van der Waals surface area contributed by atoms with Crippen LogP contribution in [0.4, 0.5) is 0 Å². The number of nitrogens with one attached hydrogen (secondary N) is 1. The number of unbranched alkanes of at least 4 members (excludes halogenated alkanes) is 2. The largest absolute Gasteiger partial charge is 0.511 e. The molecule has 0 fully saturated rings. The number of nitrogens with two attached hydrogens (primary N) is 1. The normalized spacial score (nSPS) is 23.4. The van der Waals surface area contributed by atoms with Crippen LogP contribution in [0.1, 0.15) is 25.7 Å². The van der Waals surface area contributed by atoms with E-state index in [-0.39, 0.29) is 24.9 Å². The van der Waals surface area contributed by atoms with E-state index in [1.54, 1.807) is 0 Å². The Bertz CT molecular complexity index is 453. The van der Waals surface area contributed by atoms with Crippen molar-refractivity contribution in [2.24, 2.45) is 11.7 Å². The zero-order valence-corrected chi connectivity index (χ0v) is 13.0. The maximum atomic E-state index is 11.6. The summed E-state index contributed by atoms with van der Waals surface area (Å²) in [5.74, 6) is -3.55. The first kappa shape index (κ1) is 20.4. The highest BCUT2D eigenvalue weighted by Gasteiger charge is 2.44. The second-order valence-corrected chi connectivity index (χ2v) is 5.09. The Kier molecular flexibility index (Phi) is 8.77. The average Bonchev–Trinajstić information content (AvgIpc) is 2.41. The number of carbonyl (C=O) groups excluding carboxylic acids is 1. The van der Waals surface area contributed by atoms with Gasteiger partial charge in [0.1, 0.15) is 17.3 Å². The molecule has 1 aliphatic rings. The first-order chi connectivity index (χ1) is 9.90. The lowest BCUT2D eigenvalue weighted by Gasteiger charge is -2.32. The standard InChI is InChI=1S/C14H22N2O5.ClH/c15-8-3-1-2-6-11(18)16-9-14(21)7-4-5-10(17)12(14)13(19)20;/h4-5,7,12,17,21H,1-3,6,8-9,15H2,(H,16,18)(H,19,20);1H. The molecule has 0 saturated carbocycles. The molecule has 2 atom stereocenters. The molecule has 0 aromatic heterocycles. The fraction of sp³-hybridized carbons (Fsp3) is 0.571. The molecular formula is C14H23ClN2O5. The third-order valence-corrected chi connectivity index (χ3v) is 3.37. The van der Waals surface area contributed by atoms with E-state index in [2.05, 4.69) is 5.32 Å². The van der Waals surface area contributed by atoms with Crippen LogP contribution in [0.2, 0.25) is 0 Å². The fourth-order valence-electron chi connectivity index (χ4n) is 2.20. The molecule has 7 nitrogen and oxygen atoms in total. The number of allylic oxidation sites excluding steroid dienone is 2. The highest BCUT2D eigenvalue weighted by molar-refractivity contribution is 5.85. The number of amides is 1. The number of rotatable bonds is 8. The van der Waals surface area contributed by atoms with Crippen molar-refractivity contribution in [3.8, 4) is 0 Å². The number of hydrogen-bond donors (Lipinski definition) is 5.